The van der Waals surface area contributed by atoms with Crippen molar-refractivity contribution in [1.82, 2.24) is 46.3 Å². The van der Waals surface area contributed by atoms with Gasteiger partial charge in [0.2, 0.25) is 0 Å². The van der Waals surface area contributed by atoms with Gasteiger partial charge in [-0.2, -0.15) is 0 Å². The maximum absolute atomic E-state index is 14.1. The largest absolute Gasteiger partial charge is 0.464 e. The molecule has 0 unspecified atom stereocenters. The predicted octanol–water partition coefficient (Wildman–Crippen LogP) is 5.22. The lowest BCUT2D eigenvalue weighted by Gasteiger charge is -2.20. The summed E-state index contributed by atoms with van der Waals surface area (Å²) in [5.74, 6) is -0.0709. The van der Waals surface area contributed by atoms with Crippen molar-refractivity contribution in [3.8, 4) is 22.5 Å². The number of hydrogen-bond donors (Lipinski definition) is 6. The van der Waals surface area contributed by atoms with Gasteiger partial charge in [-0.05, 0) is 58.4 Å². The molecule has 56 heavy (non-hydrogen) atoms. The number of amides is 1. The molecule has 0 bridgehead atoms. The van der Waals surface area contributed by atoms with Gasteiger partial charge in [-0.15, -0.1) is 5.10 Å². The van der Waals surface area contributed by atoms with E-state index >= 15 is 0 Å². The highest BCUT2D eigenvalue weighted by Gasteiger charge is 2.28. The first kappa shape index (κ1) is 42.0. The molecular formula is C37H44ClN9O9. The Bertz CT molecular complexity index is 1960. The van der Waals surface area contributed by atoms with Crippen molar-refractivity contribution >= 4 is 23.5 Å². The van der Waals surface area contributed by atoms with Crippen LogP contribution in [-0.4, -0.2) is 99.0 Å². The van der Waals surface area contributed by atoms with Gasteiger partial charge in [0.1, 0.15) is 30.3 Å². The predicted molar refractivity (Wildman–Crippen MR) is 198 cm³/mol. The van der Waals surface area contributed by atoms with Crippen molar-refractivity contribution in [2.24, 2.45) is 0 Å². The number of carbonyl (C=O) groups is 2. The summed E-state index contributed by atoms with van der Waals surface area (Å²) in [4.78, 5) is 41.4. The topological polar surface area (TPSA) is 234 Å². The molecule has 0 aliphatic rings. The molecule has 0 aliphatic heterocycles. The van der Waals surface area contributed by atoms with Crippen LogP contribution in [0, 0.1) is 0 Å². The van der Waals surface area contributed by atoms with Gasteiger partial charge in [0.05, 0.1) is 17.4 Å². The zero-order valence-electron chi connectivity index (χ0n) is 30.6. The molecule has 2 aromatic heterocycles. The zero-order valence-corrected chi connectivity index (χ0v) is 31.3. The summed E-state index contributed by atoms with van der Waals surface area (Å²) in [6.07, 6.45) is 2.35. The first-order valence-corrected chi connectivity index (χ1v) is 18.3. The van der Waals surface area contributed by atoms with Crippen LogP contribution in [0.2, 0.25) is 5.15 Å². The molecule has 0 fully saturated rings. The smallest absolute Gasteiger partial charge is 0.328 e. The monoisotopic (exact) mass is 793 g/mol. The summed E-state index contributed by atoms with van der Waals surface area (Å²) in [5.41, 5.74) is 4.53. The lowest BCUT2D eigenvalue weighted by atomic mass is 9.98. The van der Waals surface area contributed by atoms with E-state index in [9.17, 15) is 9.59 Å². The van der Waals surface area contributed by atoms with Crippen LogP contribution in [0.4, 0.5) is 0 Å². The third kappa shape index (κ3) is 12.2. The Labute approximate surface area is 326 Å². The lowest BCUT2D eigenvalue weighted by molar-refractivity contribution is -0.527. The second-order valence-corrected chi connectivity index (χ2v) is 13.1. The summed E-state index contributed by atoms with van der Waals surface area (Å²) in [6, 6.07) is 23.8. The quantitative estimate of drug-likeness (QED) is 0.0299. The number of aromatic amines is 1. The van der Waals surface area contributed by atoms with Crippen molar-refractivity contribution < 1.29 is 44.8 Å². The van der Waals surface area contributed by atoms with E-state index in [1.165, 1.54) is 0 Å². The molecule has 2 atom stereocenters. The number of aromatic nitrogens is 6. The van der Waals surface area contributed by atoms with Gasteiger partial charge in [-0.25, -0.2) is 24.6 Å². The van der Waals surface area contributed by atoms with Gasteiger partial charge >= 0.3 is 5.97 Å². The number of carbonyl (C=O) groups excluding carboxylic acids is 2. The fourth-order valence-corrected chi connectivity index (χ4v) is 6.32. The van der Waals surface area contributed by atoms with Crippen LogP contribution < -0.4 is 5.32 Å². The van der Waals surface area contributed by atoms with Gasteiger partial charge < -0.3 is 14.6 Å². The Kier molecular flexibility index (Phi) is 15.9. The Morgan fingerprint density at radius 2 is 1.64 bits per heavy atom. The van der Waals surface area contributed by atoms with E-state index < -0.39 is 41.4 Å². The number of tetrazole rings is 1. The molecule has 0 spiro atoms. The molecule has 6 N–H and O–H groups in total. The van der Waals surface area contributed by atoms with Crippen molar-refractivity contribution in [1.29, 1.82) is 0 Å². The number of aryl methyl sites for hydroxylation is 1. The van der Waals surface area contributed by atoms with Gasteiger partial charge in [0, 0.05) is 24.9 Å². The van der Waals surface area contributed by atoms with E-state index in [1.807, 2.05) is 78.9 Å². The van der Waals surface area contributed by atoms with E-state index in [4.69, 9.17) is 42.0 Å². The van der Waals surface area contributed by atoms with Crippen LogP contribution >= 0.6 is 11.6 Å². The number of unbranched alkanes of at least 4 members (excludes halogenated alkanes) is 2. The molecule has 19 heteroatoms. The van der Waals surface area contributed by atoms with Crippen LogP contribution in [0.3, 0.4) is 0 Å². The van der Waals surface area contributed by atoms with Crippen LogP contribution in [0.25, 0.3) is 22.5 Å². The molecule has 5 rings (SSSR count). The first-order chi connectivity index (χ1) is 27.1. The summed E-state index contributed by atoms with van der Waals surface area (Å²) in [7, 11) is 0. The molecular weight excluding hydrogens is 750 g/mol. The molecule has 18 nitrogen and oxygen atoms in total. The number of nitrogens with zero attached hydrogens (tertiary/aromatic N) is 7. The number of esters is 1. The highest BCUT2D eigenvalue weighted by molar-refractivity contribution is 6.32. The van der Waals surface area contributed by atoms with E-state index in [-0.39, 0.29) is 36.8 Å². The molecule has 2 heterocycles. The van der Waals surface area contributed by atoms with Gasteiger partial charge in [-0.3, -0.25) is 25.6 Å². The van der Waals surface area contributed by atoms with Crippen LogP contribution in [0.5, 0.6) is 0 Å². The second kappa shape index (κ2) is 21.2. The van der Waals surface area contributed by atoms with Crippen molar-refractivity contribution in [2.45, 2.75) is 70.6 Å². The number of H-pyrrole nitrogens is 1. The highest BCUT2D eigenvalue weighted by atomic mass is 35.5. The number of imidazole rings is 1. The Morgan fingerprint density at radius 3 is 2.32 bits per heavy atom. The van der Waals surface area contributed by atoms with E-state index in [0.717, 1.165) is 40.7 Å². The zero-order chi connectivity index (χ0) is 39.9. The average molecular weight is 794 g/mol. The third-order valence-corrected chi connectivity index (χ3v) is 9.03. The van der Waals surface area contributed by atoms with E-state index in [0.29, 0.717) is 30.9 Å². The number of ether oxygens (including phenoxy) is 1. The van der Waals surface area contributed by atoms with Crippen LogP contribution in [-0.2, 0) is 38.6 Å². The summed E-state index contributed by atoms with van der Waals surface area (Å²) < 4.78 is 7.36. The van der Waals surface area contributed by atoms with Crippen LogP contribution in [0.15, 0.2) is 78.9 Å². The molecule has 3 aromatic carbocycles. The van der Waals surface area contributed by atoms with Crippen molar-refractivity contribution in [3.63, 3.8) is 0 Å². The molecule has 0 aliphatic carbocycles. The number of benzene rings is 3. The average Bonchev–Trinajstić information content (AvgIpc) is 3.84. The van der Waals surface area contributed by atoms with E-state index in [1.54, 1.807) is 4.57 Å². The summed E-state index contributed by atoms with van der Waals surface area (Å²) in [5, 5.41) is 51.6. The first-order valence-electron chi connectivity index (χ1n) is 18.0. The van der Waals surface area contributed by atoms with Crippen LogP contribution in [0.1, 0.15) is 66.5 Å². The number of hydrogen-bond acceptors (Lipinski definition) is 15. The second-order valence-electron chi connectivity index (χ2n) is 12.8. The maximum atomic E-state index is 14.1. The van der Waals surface area contributed by atoms with Crippen molar-refractivity contribution in [2.75, 3.05) is 13.2 Å². The fraction of sp³-hybridized carbons (Fsp3) is 0.351. The number of nitrogens with one attached hydrogen (secondary N) is 2. The maximum Gasteiger partial charge on any atom is 0.328 e. The molecule has 0 saturated carbocycles. The normalized spacial score (nSPS) is 12.6. The molecule has 298 valence electrons. The Balaban J connectivity index is 1.31. The lowest BCUT2D eigenvalue weighted by Crippen LogP contribution is -2.44. The summed E-state index contributed by atoms with van der Waals surface area (Å²) in [6.45, 7) is 1.90. The molecule has 5 aromatic rings. The SMILES string of the molecule is CCCCc1nc(Cl)c(C(=O)N[C@@H](Cc2ccccc2)C(=O)OCCCC[C@H](CON(O)O)ON(O)O)n1Cc1ccc(-c2ccccc2-c2nnn[nH]2)cc1. The fourth-order valence-electron chi connectivity index (χ4n) is 6.03. The molecule has 0 saturated heterocycles. The van der Waals surface area contributed by atoms with Gasteiger partial charge in [0.15, 0.2) is 11.0 Å². The van der Waals surface area contributed by atoms with Crippen molar-refractivity contribution in [3.05, 3.63) is 107 Å². The minimum absolute atomic E-state index is 0.0160. The molecule has 0 radical (unpaired) electrons. The highest BCUT2D eigenvalue weighted by Crippen LogP contribution is 2.30. The third-order valence-electron chi connectivity index (χ3n) is 8.76. The number of halogens is 1. The van der Waals surface area contributed by atoms with Gasteiger partial charge in [0.25, 0.3) is 5.91 Å². The number of rotatable bonds is 22. The standard InChI is InChI=1S/C37H44ClN9O9/c1-2-3-16-32-40-34(38)33(45(32)23-26-17-19-27(20-18-26)29-14-7-8-15-30(29)35-41-43-44-42-35)36(48)39-31(22-25-11-5-4-6-12-25)37(49)54-21-10-9-13-28(56-47(52)53)24-55-46(50)51/h4-8,11-12,14-15,17-20,28,31,50-53H,2-3,9-10,13,16,21-24H2,1H3,(H,39,48)(H,41,42,43,44)/t28-,31+/m1/s1. The van der Waals surface area contributed by atoms with Gasteiger partial charge in [-0.1, -0.05) is 104 Å². The molecule has 1 amide bonds. The minimum Gasteiger partial charge on any atom is -0.464 e. The van der Waals surface area contributed by atoms with E-state index in [2.05, 4.69) is 42.7 Å². The Morgan fingerprint density at radius 1 is 0.911 bits per heavy atom. The summed E-state index contributed by atoms with van der Waals surface area (Å²) >= 11 is 6.69. The minimum atomic E-state index is -1.08. The Hall–Kier alpha value is -5.15.